The lowest BCUT2D eigenvalue weighted by Crippen LogP contribution is -2.22. The monoisotopic (exact) mass is 474 g/mol. The van der Waals surface area contributed by atoms with E-state index in [9.17, 15) is 31.1 Å². The minimum Gasteiger partial charge on any atom is -0.435 e. The summed E-state index contributed by atoms with van der Waals surface area (Å²) in [4.78, 5) is 27.4. The summed E-state index contributed by atoms with van der Waals surface area (Å²) in [6, 6.07) is 5.85. The highest BCUT2D eigenvalue weighted by atomic mass is 19.4. The minimum absolute atomic E-state index is 0.0885. The Morgan fingerprint density at radius 1 is 1.03 bits per heavy atom. The number of amides is 1. The van der Waals surface area contributed by atoms with Crippen LogP contribution in [-0.4, -0.2) is 45.0 Å². The maximum absolute atomic E-state index is 13.2. The number of ether oxygens (including phenoxy) is 2. The Kier molecular flexibility index (Phi) is 7.10. The molecule has 0 saturated carbocycles. The van der Waals surface area contributed by atoms with Gasteiger partial charge < -0.3 is 20.1 Å². The van der Waals surface area contributed by atoms with Crippen LogP contribution in [0.15, 0.2) is 49.1 Å². The fourth-order valence-corrected chi connectivity index (χ4v) is 2.26. The third-order valence-corrected chi connectivity index (χ3v) is 3.58. The quantitative estimate of drug-likeness (QED) is 0.470. The number of aromatic nitrogens is 4. The number of alkyl halides is 6. The van der Waals surface area contributed by atoms with Crippen molar-refractivity contribution in [1.29, 1.82) is 0 Å². The molecular weight excluding hydrogens is 462 g/mol. The van der Waals surface area contributed by atoms with E-state index < -0.39 is 36.7 Å². The van der Waals surface area contributed by atoms with Gasteiger partial charge in [-0.2, -0.15) is 9.37 Å². The van der Waals surface area contributed by atoms with Gasteiger partial charge in [0, 0.05) is 11.9 Å². The van der Waals surface area contributed by atoms with E-state index in [-0.39, 0.29) is 23.0 Å². The van der Waals surface area contributed by atoms with Crippen LogP contribution in [0.1, 0.15) is 10.5 Å². The topological polar surface area (TPSA) is 111 Å². The number of carbonyl (C=O) groups is 1. The fraction of sp³-hybridized carbons (Fsp3) is 0.167. The number of hydrogen-bond acceptors (Lipinski definition) is 8. The molecule has 0 saturated heterocycles. The van der Waals surface area contributed by atoms with Crippen LogP contribution in [0.4, 0.5) is 43.7 Å². The standard InChI is InChI=1S/C18H12F6N6O3/c19-13(20)14(21)32-16-12(7-25-8-27-16)29-15(31)11-5-6-26-17(30-11)28-9-1-3-10(4-2-9)33-18(22,23)24/h1-8,13-14H,(H,29,31)(H,26,28,30). The molecule has 174 valence electrons. The van der Waals surface area contributed by atoms with E-state index in [2.05, 4.69) is 40.0 Å². The van der Waals surface area contributed by atoms with Crippen LogP contribution < -0.4 is 20.1 Å². The van der Waals surface area contributed by atoms with Crippen molar-refractivity contribution >= 4 is 23.2 Å². The van der Waals surface area contributed by atoms with E-state index in [1.165, 1.54) is 24.4 Å². The van der Waals surface area contributed by atoms with E-state index in [0.717, 1.165) is 24.7 Å². The van der Waals surface area contributed by atoms with Crippen molar-refractivity contribution in [3.63, 3.8) is 0 Å². The Hall–Kier alpha value is -4.17. The molecule has 3 aromatic rings. The Morgan fingerprint density at radius 3 is 2.42 bits per heavy atom. The molecule has 0 fully saturated rings. The van der Waals surface area contributed by atoms with Gasteiger partial charge in [-0.05, 0) is 30.3 Å². The highest BCUT2D eigenvalue weighted by molar-refractivity contribution is 6.03. The molecule has 0 aliphatic heterocycles. The Labute approximate surface area is 180 Å². The molecule has 15 heteroatoms. The molecule has 1 unspecified atom stereocenters. The number of halogens is 6. The third-order valence-electron chi connectivity index (χ3n) is 3.58. The molecule has 33 heavy (non-hydrogen) atoms. The van der Waals surface area contributed by atoms with Gasteiger partial charge in [-0.25, -0.2) is 23.7 Å². The largest absolute Gasteiger partial charge is 0.573 e. The molecule has 3 rings (SSSR count). The number of rotatable bonds is 8. The second-order valence-electron chi connectivity index (χ2n) is 5.96. The zero-order valence-electron chi connectivity index (χ0n) is 16.1. The van der Waals surface area contributed by atoms with Crippen molar-refractivity contribution in [2.24, 2.45) is 0 Å². The van der Waals surface area contributed by atoms with Crippen LogP contribution >= 0.6 is 0 Å². The van der Waals surface area contributed by atoms with Gasteiger partial charge in [0.1, 0.15) is 23.5 Å². The number of hydrogen-bond donors (Lipinski definition) is 2. The van der Waals surface area contributed by atoms with Crippen molar-refractivity contribution < 1.29 is 40.6 Å². The summed E-state index contributed by atoms with van der Waals surface area (Å²) in [6.45, 7) is 0. The zero-order valence-corrected chi connectivity index (χ0v) is 16.1. The first-order valence-electron chi connectivity index (χ1n) is 8.77. The van der Waals surface area contributed by atoms with Crippen molar-refractivity contribution in [3.05, 3.63) is 54.7 Å². The summed E-state index contributed by atoms with van der Waals surface area (Å²) < 4.78 is 82.8. The molecule has 0 bridgehead atoms. The van der Waals surface area contributed by atoms with E-state index >= 15 is 0 Å². The van der Waals surface area contributed by atoms with E-state index in [0.29, 0.717) is 0 Å². The molecule has 2 aromatic heterocycles. The molecule has 1 aromatic carbocycles. The molecule has 2 heterocycles. The number of benzene rings is 1. The van der Waals surface area contributed by atoms with Gasteiger partial charge in [0.05, 0.1) is 6.20 Å². The molecular formula is C18H12F6N6O3. The van der Waals surface area contributed by atoms with Gasteiger partial charge in [0.25, 0.3) is 12.3 Å². The predicted molar refractivity (Wildman–Crippen MR) is 100.0 cm³/mol. The van der Waals surface area contributed by atoms with Gasteiger partial charge >= 0.3 is 12.8 Å². The number of carbonyl (C=O) groups excluding carboxylic acids is 1. The third kappa shape index (κ3) is 6.91. The van der Waals surface area contributed by atoms with Gasteiger partial charge in [-0.15, -0.1) is 13.2 Å². The fourth-order valence-electron chi connectivity index (χ4n) is 2.26. The number of nitrogens with one attached hydrogen (secondary N) is 2. The second-order valence-corrected chi connectivity index (χ2v) is 5.96. The normalized spacial score (nSPS) is 12.2. The number of anilines is 3. The van der Waals surface area contributed by atoms with Gasteiger partial charge in [-0.1, -0.05) is 0 Å². The maximum atomic E-state index is 13.2. The SMILES string of the molecule is O=C(Nc1cncnc1OC(F)C(F)F)c1ccnc(Nc2ccc(OC(F)(F)F)cc2)n1. The average molecular weight is 474 g/mol. The van der Waals surface area contributed by atoms with Crippen molar-refractivity contribution in [3.8, 4) is 11.6 Å². The van der Waals surface area contributed by atoms with Crippen LogP contribution in [0.3, 0.4) is 0 Å². The molecule has 0 aliphatic rings. The molecule has 9 nitrogen and oxygen atoms in total. The lowest BCUT2D eigenvalue weighted by Gasteiger charge is -2.13. The van der Waals surface area contributed by atoms with E-state index in [1.54, 1.807) is 0 Å². The van der Waals surface area contributed by atoms with Crippen molar-refractivity contribution in [2.45, 2.75) is 19.1 Å². The molecule has 2 N–H and O–H groups in total. The van der Waals surface area contributed by atoms with Crippen LogP contribution in [-0.2, 0) is 0 Å². The smallest absolute Gasteiger partial charge is 0.435 e. The molecule has 0 radical (unpaired) electrons. The summed E-state index contributed by atoms with van der Waals surface area (Å²) in [5, 5.41) is 4.93. The Balaban J connectivity index is 1.69. The molecule has 1 amide bonds. The highest BCUT2D eigenvalue weighted by Crippen LogP contribution is 2.25. The van der Waals surface area contributed by atoms with Crippen molar-refractivity contribution in [1.82, 2.24) is 19.9 Å². The van der Waals surface area contributed by atoms with Gasteiger partial charge in [0.15, 0.2) is 0 Å². The van der Waals surface area contributed by atoms with Crippen molar-refractivity contribution in [2.75, 3.05) is 10.6 Å². The minimum atomic E-state index is -4.83. The Bertz CT molecular complexity index is 1100. The molecule has 0 aliphatic carbocycles. The van der Waals surface area contributed by atoms with Gasteiger partial charge in [-0.3, -0.25) is 4.79 Å². The van der Waals surface area contributed by atoms with Crippen LogP contribution in [0.25, 0.3) is 0 Å². The first-order valence-corrected chi connectivity index (χ1v) is 8.77. The summed E-state index contributed by atoms with van der Waals surface area (Å²) >= 11 is 0. The predicted octanol–water partition coefficient (Wildman–Crippen LogP) is 4.10. The van der Waals surface area contributed by atoms with Crippen LogP contribution in [0.2, 0.25) is 0 Å². The van der Waals surface area contributed by atoms with E-state index in [4.69, 9.17) is 0 Å². The maximum Gasteiger partial charge on any atom is 0.573 e. The highest BCUT2D eigenvalue weighted by Gasteiger charge is 2.31. The second kappa shape index (κ2) is 9.97. The lowest BCUT2D eigenvalue weighted by molar-refractivity contribution is -0.274. The van der Waals surface area contributed by atoms with Gasteiger partial charge in [0.2, 0.25) is 11.8 Å². The molecule has 1 atom stereocenters. The number of nitrogens with zero attached hydrogens (tertiary/aromatic N) is 4. The molecule has 0 spiro atoms. The first kappa shape index (κ1) is 23.5. The summed E-state index contributed by atoms with van der Waals surface area (Å²) in [6.07, 6.45) is -8.13. The lowest BCUT2D eigenvalue weighted by atomic mass is 10.3. The summed E-state index contributed by atoms with van der Waals surface area (Å²) in [7, 11) is 0. The summed E-state index contributed by atoms with van der Waals surface area (Å²) in [5.41, 5.74) is -0.209. The first-order chi connectivity index (χ1) is 15.6. The van der Waals surface area contributed by atoms with Crippen LogP contribution in [0.5, 0.6) is 11.6 Å². The average Bonchev–Trinajstić information content (AvgIpc) is 2.75. The Morgan fingerprint density at radius 2 is 1.76 bits per heavy atom. The zero-order chi connectivity index (χ0) is 24.0. The van der Waals surface area contributed by atoms with Crippen LogP contribution in [0, 0.1) is 0 Å². The summed E-state index contributed by atoms with van der Waals surface area (Å²) in [5.74, 6) is -2.01. The van der Waals surface area contributed by atoms with E-state index in [1.807, 2.05) is 0 Å².